The molecule has 5 nitrogen and oxygen atoms in total. The lowest BCUT2D eigenvalue weighted by Gasteiger charge is -2.22. The van der Waals surface area contributed by atoms with Gasteiger partial charge in [0.15, 0.2) is 0 Å². The zero-order valence-electron chi connectivity index (χ0n) is 21.1. The molecule has 27 heavy (non-hydrogen) atoms. The Hall–Kier alpha value is -1.10. The van der Waals surface area contributed by atoms with E-state index < -0.39 is 0 Å². The van der Waals surface area contributed by atoms with E-state index in [4.69, 9.17) is 0 Å². The third kappa shape index (κ3) is 24.9. The molecule has 0 aliphatic rings. The molecule has 0 N–H and O–H groups in total. The van der Waals surface area contributed by atoms with Crippen molar-refractivity contribution < 1.29 is 9.59 Å². The van der Waals surface area contributed by atoms with Gasteiger partial charge >= 0.3 is 0 Å². The van der Waals surface area contributed by atoms with Crippen LogP contribution in [0.25, 0.3) is 0 Å². The maximum Gasteiger partial charge on any atom is 0.227 e. The van der Waals surface area contributed by atoms with E-state index in [0.29, 0.717) is 11.8 Å². The SMILES string of the molecule is CN(C)C(=O)C(C)(C)C.CN(C)C(=O)CC(C)(C)C.CN(C)CC(C)(C)C. The van der Waals surface area contributed by atoms with Crippen LogP contribution >= 0.6 is 0 Å². The van der Waals surface area contributed by atoms with Crippen molar-refractivity contribution in [2.45, 2.75) is 68.7 Å². The molecule has 0 aromatic heterocycles. The summed E-state index contributed by atoms with van der Waals surface area (Å²) >= 11 is 0. The summed E-state index contributed by atoms with van der Waals surface area (Å²) in [6, 6.07) is 0. The van der Waals surface area contributed by atoms with E-state index in [1.807, 2.05) is 20.8 Å². The Morgan fingerprint density at radius 1 is 0.630 bits per heavy atom. The van der Waals surface area contributed by atoms with E-state index in [9.17, 15) is 9.59 Å². The van der Waals surface area contributed by atoms with Gasteiger partial charge in [0.1, 0.15) is 0 Å². The van der Waals surface area contributed by atoms with Gasteiger partial charge in [0.25, 0.3) is 0 Å². The van der Waals surface area contributed by atoms with Crippen LogP contribution < -0.4 is 0 Å². The highest BCUT2D eigenvalue weighted by Crippen LogP contribution is 2.18. The Morgan fingerprint density at radius 3 is 1.04 bits per heavy atom. The Bertz CT molecular complexity index is 420. The first-order chi connectivity index (χ1) is 11.6. The minimum absolute atomic E-state index is 0.112. The van der Waals surface area contributed by atoms with Crippen LogP contribution in [0.15, 0.2) is 0 Å². The van der Waals surface area contributed by atoms with Gasteiger partial charge in [-0.1, -0.05) is 62.3 Å². The summed E-state index contributed by atoms with van der Waals surface area (Å²) in [6.45, 7) is 19.8. The van der Waals surface area contributed by atoms with E-state index >= 15 is 0 Å². The van der Waals surface area contributed by atoms with Crippen molar-refractivity contribution in [3.63, 3.8) is 0 Å². The van der Waals surface area contributed by atoms with Crippen molar-refractivity contribution >= 4 is 11.8 Å². The van der Waals surface area contributed by atoms with Crippen LogP contribution in [-0.2, 0) is 9.59 Å². The lowest BCUT2D eigenvalue weighted by atomic mass is 9.92. The molecule has 0 aliphatic heterocycles. The summed E-state index contributed by atoms with van der Waals surface area (Å²) in [5, 5.41) is 0. The van der Waals surface area contributed by atoms with Gasteiger partial charge in [-0.25, -0.2) is 0 Å². The molecule has 0 unspecified atom stereocenters. The third-order valence-corrected chi connectivity index (χ3v) is 3.02. The number of amides is 2. The molecule has 0 aromatic carbocycles. The van der Waals surface area contributed by atoms with Gasteiger partial charge in [-0.3, -0.25) is 9.59 Å². The highest BCUT2D eigenvalue weighted by atomic mass is 16.2. The van der Waals surface area contributed by atoms with Crippen LogP contribution in [0.4, 0.5) is 0 Å². The van der Waals surface area contributed by atoms with Crippen molar-refractivity contribution in [1.82, 2.24) is 14.7 Å². The number of nitrogens with zero attached hydrogens (tertiary/aromatic N) is 3. The second-order valence-corrected chi connectivity index (χ2v) is 11.3. The summed E-state index contributed by atoms with van der Waals surface area (Å²) in [4.78, 5) is 27.6. The third-order valence-electron chi connectivity index (χ3n) is 3.02. The number of hydrogen-bond donors (Lipinski definition) is 0. The first kappa shape index (κ1) is 30.6. The average Bonchev–Trinajstić information content (AvgIpc) is 2.32. The second-order valence-electron chi connectivity index (χ2n) is 11.3. The van der Waals surface area contributed by atoms with Gasteiger partial charge < -0.3 is 14.7 Å². The monoisotopic (exact) mass is 387 g/mol. The number of hydrogen-bond acceptors (Lipinski definition) is 3. The molecule has 0 fully saturated rings. The Morgan fingerprint density at radius 2 is 1.00 bits per heavy atom. The molecule has 0 bridgehead atoms. The zero-order valence-corrected chi connectivity index (χ0v) is 21.1. The van der Waals surface area contributed by atoms with Gasteiger partial charge in [0.2, 0.25) is 11.8 Å². The van der Waals surface area contributed by atoms with Crippen LogP contribution in [-0.4, -0.2) is 75.3 Å². The van der Waals surface area contributed by atoms with Gasteiger partial charge in [0.05, 0.1) is 0 Å². The standard InChI is InChI=1S/C8H17NO.C7H15NO.C7H17N/c1-8(2,3)6-7(10)9(4)5;1-7(2,3)6(9)8(4)5;1-7(2,3)6-8(4)5/h6H2,1-5H3;1-5H3;6H2,1-5H3. The molecule has 0 rings (SSSR count). The molecule has 0 spiro atoms. The van der Waals surface area contributed by atoms with Crippen LogP contribution in [0.5, 0.6) is 0 Å². The fourth-order valence-electron chi connectivity index (χ4n) is 2.23. The average molecular weight is 388 g/mol. The fraction of sp³-hybridized carbons (Fsp3) is 0.909. The minimum Gasteiger partial charge on any atom is -0.349 e. The fourth-order valence-corrected chi connectivity index (χ4v) is 2.23. The van der Waals surface area contributed by atoms with Gasteiger partial charge in [-0.15, -0.1) is 0 Å². The molecule has 0 saturated carbocycles. The van der Waals surface area contributed by atoms with Crippen LogP contribution in [0.3, 0.4) is 0 Å². The molecule has 0 aromatic rings. The molecule has 2 amide bonds. The molecule has 0 saturated heterocycles. The maximum absolute atomic E-state index is 11.1. The van der Waals surface area contributed by atoms with Crippen LogP contribution in [0, 0.1) is 16.2 Å². The van der Waals surface area contributed by atoms with E-state index in [1.54, 1.807) is 38.0 Å². The molecule has 0 heterocycles. The van der Waals surface area contributed by atoms with Crippen molar-refractivity contribution in [2.75, 3.05) is 48.8 Å². The first-order valence-corrected chi connectivity index (χ1v) is 9.67. The molecule has 5 heteroatoms. The molecule has 0 radical (unpaired) electrons. The van der Waals surface area contributed by atoms with Gasteiger partial charge in [-0.05, 0) is 24.9 Å². The Balaban J connectivity index is -0.000000322. The van der Waals surface area contributed by atoms with E-state index in [-0.39, 0.29) is 22.6 Å². The van der Waals surface area contributed by atoms with Crippen molar-refractivity contribution in [3.8, 4) is 0 Å². The lowest BCUT2D eigenvalue weighted by Crippen LogP contribution is -2.33. The molecule has 0 atom stereocenters. The molecule has 164 valence electrons. The number of carbonyl (C=O) groups excluding carboxylic acids is 2. The van der Waals surface area contributed by atoms with Crippen molar-refractivity contribution in [3.05, 3.63) is 0 Å². The maximum atomic E-state index is 11.1. The smallest absolute Gasteiger partial charge is 0.227 e. The predicted octanol–water partition coefficient (Wildman–Crippen LogP) is 4.23. The minimum atomic E-state index is -0.233. The van der Waals surface area contributed by atoms with Gasteiger partial charge in [0, 0.05) is 46.6 Å². The predicted molar refractivity (Wildman–Crippen MR) is 119 cm³/mol. The first-order valence-electron chi connectivity index (χ1n) is 9.67. The van der Waals surface area contributed by atoms with Crippen molar-refractivity contribution in [1.29, 1.82) is 0 Å². The van der Waals surface area contributed by atoms with Crippen molar-refractivity contribution in [2.24, 2.45) is 16.2 Å². The van der Waals surface area contributed by atoms with Gasteiger partial charge in [-0.2, -0.15) is 0 Å². The highest BCUT2D eigenvalue weighted by molar-refractivity contribution is 5.80. The molecular weight excluding hydrogens is 338 g/mol. The van der Waals surface area contributed by atoms with E-state index in [1.165, 1.54) is 0 Å². The largest absolute Gasteiger partial charge is 0.349 e. The number of rotatable bonds is 2. The topological polar surface area (TPSA) is 43.9 Å². The lowest BCUT2D eigenvalue weighted by molar-refractivity contribution is -0.136. The summed E-state index contributed by atoms with van der Waals surface area (Å²) in [6.07, 6.45) is 0.625. The molecular formula is C22H49N3O2. The van der Waals surface area contributed by atoms with E-state index in [2.05, 4.69) is 60.5 Å². The highest BCUT2D eigenvalue weighted by Gasteiger charge is 2.22. The quantitative estimate of drug-likeness (QED) is 0.712. The summed E-state index contributed by atoms with van der Waals surface area (Å²) in [5.41, 5.74) is 0.328. The summed E-state index contributed by atoms with van der Waals surface area (Å²) in [5.74, 6) is 0.370. The summed E-state index contributed by atoms with van der Waals surface area (Å²) < 4.78 is 0. The zero-order chi connectivity index (χ0) is 22.8. The Labute approximate surface area is 170 Å². The van der Waals surface area contributed by atoms with E-state index in [0.717, 1.165) is 6.54 Å². The Kier molecular flexibility index (Phi) is 14.0. The van der Waals surface area contributed by atoms with Crippen LogP contribution in [0.1, 0.15) is 68.7 Å². The van der Waals surface area contributed by atoms with Crippen LogP contribution in [0.2, 0.25) is 0 Å². The summed E-state index contributed by atoms with van der Waals surface area (Å²) in [7, 11) is 11.3. The number of carbonyl (C=O) groups is 2. The normalized spacial score (nSPS) is 11.7. The second kappa shape index (κ2) is 12.4. The molecule has 0 aliphatic carbocycles.